The molecule has 1 aliphatic rings. The molecule has 0 atom stereocenters. The summed E-state index contributed by atoms with van der Waals surface area (Å²) in [6.07, 6.45) is 1.21. The van der Waals surface area contributed by atoms with Crippen LogP contribution in [0.3, 0.4) is 0 Å². The quantitative estimate of drug-likeness (QED) is 0.732. The van der Waals surface area contributed by atoms with Crippen molar-refractivity contribution in [3.05, 3.63) is 64.7 Å². The van der Waals surface area contributed by atoms with E-state index in [1.54, 1.807) is 25.3 Å². The Bertz CT molecular complexity index is 905. The Morgan fingerprint density at radius 1 is 1.14 bits per heavy atom. The number of methoxy groups -OCH3 is 1. The van der Waals surface area contributed by atoms with Crippen LogP contribution in [0, 0.1) is 0 Å². The van der Waals surface area contributed by atoms with E-state index in [0.717, 1.165) is 25.1 Å². The number of amides is 1. The van der Waals surface area contributed by atoms with E-state index in [9.17, 15) is 9.59 Å². The molecule has 0 aliphatic carbocycles. The second kappa shape index (κ2) is 8.78. The van der Waals surface area contributed by atoms with E-state index in [1.807, 2.05) is 0 Å². The number of nitrogens with zero attached hydrogens (tertiary/aromatic N) is 1. The molecule has 1 N–H and O–H groups in total. The van der Waals surface area contributed by atoms with Gasteiger partial charge in [-0.2, -0.15) is 0 Å². The number of benzene rings is 2. The molecule has 5 heteroatoms. The summed E-state index contributed by atoms with van der Waals surface area (Å²) in [6.45, 7) is 8.28. The fourth-order valence-corrected chi connectivity index (χ4v) is 3.81. The molecule has 2 aromatic carbocycles. The monoisotopic (exact) mass is 394 g/mol. The first-order valence-corrected chi connectivity index (χ1v) is 10.1. The van der Waals surface area contributed by atoms with E-state index in [1.165, 1.54) is 18.1 Å². The third kappa shape index (κ3) is 5.04. The minimum atomic E-state index is -0.158. The summed E-state index contributed by atoms with van der Waals surface area (Å²) in [5.41, 5.74) is 3.93. The average molecular weight is 395 g/mol. The fourth-order valence-electron chi connectivity index (χ4n) is 3.81. The number of ether oxygens (including phenoxy) is 1. The second-order valence-corrected chi connectivity index (χ2v) is 8.29. The molecule has 5 nitrogen and oxygen atoms in total. The van der Waals surface area contributed by atoms with Crippen molar-refractivity contribution >= 4 is 11.7 Å². The van der Waals surface area contributed by atoms with E-state index >= 15 is 0 Å². The summed E-state index contributed by atoms with van der Waals surface area (Å²) in [5.74, 6) is 0.521. The Morgan fingerprint density at radius 3 is 2.55 bits per heavy atom. The van der Waals surface area contributed by atoms with Crippen LogP contribution in [0.4, 0.5) is 0 Å². The predicted octanol–water partition coefficient (Wildman–Crippen LogP) is 3.39. The van der Waals surface area contributed by atoms with Gasteiger partial charge in [0.15, 0.2) is 5.78 Å². The Labute approximate surface area is 173 Å². The van der Waals surface area contributed by atoms with E-state index in [4.69, 9.17) is 4.74 Å². The van der Waals surface area contributed by atoms with Crippen LogP contribution in [0.25, 0.3) is 0 Å². The predicted molar refractivity (Wildman–Crippen MR) is 114 cm³/mol. The molecule has 0 aromatic heterocycles. The van der Waals surface area contributed by atoms with Crippen LogP contribution in [-0.2, 0) is 24.2 Å². The lowest BCUT2D eigenvalue weighted by Crippen LogP contribution is -2.53. The van der Waals surface area contributed by atoms with Crippen LogP contribution in [-0.4, -0.2) is 42.3 Å². The normalized spacial score (nSPS) is 14.2. The maximum absolute atomic E-state index is 12.6. The average Bonchev–Trinajstić information content (AvgIpc) is 2.72. The third-order valence-electron chi connectivity index (χ3n) is 5.74. The van der Waals surface area contributed by atoms with E-state index in [0.29, 0.717) is 17.9 Å². The summed E-state index contributed by atoms with van der Waals surface area (Å²) in [6, 6.07) is 13.8. The summed E-state index contributed by atoms with van der Waals surface area (Å²) in [5, 5.41) is 3.07. The number of ketones is 1. The van der Waals surface area contributed by atoms with Crippen LogP contribution in [0.2, 0.25) is 0 Å². The highest BCUT2D eigenvalue weighted by molar-refractivity contribution is 5.94. The van der Waals surface area contributed by atoms with Crippen molar-refractivity contribution in [3.8, 4) is 5.75 Å². The summed E-state index contributed by atoms with van der Waals surface area (Å²) < 4.78 is 5.36. The maximum Gasteiger partial charge on any atom is 0.224 e. The van der Waals surface area contributed by atoms with Gasteiger partial charge in [0.2, 0.25) is 5.91 Å². The van der Waals surface area contributed by atoms with Crippen LogP contribution in [0.5, 0.6) is 5.75 Å². The van der Waals surface area contributed by atoms with Crippen LogP contribution < -0.4 is 10.1 Å². The number of rotatable bonds is 7. The molecule has 1 aliphatic heterocycles. The first kappa shape index (κ1) is 21.1. The first-order valence-electron chi connectivity index (χ1n) is 10.1. The summed E-state index contributed by atoms with van der Waals surface area (Å²) in [4.78, 5) is 26.7. The zero-order valence-electron chi connectivity index (χ0n) is 17.7. The highest BCUT2D eigenvalue weighted by Gasteiger charge is 2.30. The van der Waals surface area contributed by atoms with E-state index < -0.39 is 0 Å². The largest absolute Gasteiger partial charge is 0.496 e. The van der Waals surface area contributed by atoms with Gasteiger partial charge in [0.1, 0.15) is 5.75 Å². The number of hydrogen-bond donors (Lipinski definition) is 1. The molecule has 0 unspecified atom stereocenters. The van der Waals surface area contributed by atoms with Crippen LogP contribution >= 0.6 is 0 Å². The Hall–Kier alpha value is -2.66. The zero-order chi connectivity index (χ0) is 21.0. The minimum absolute atomic E-state index is 0.0270. The van der Waals surface area contributed by atoms with Gasteiger partial charge >= 0.3 is 0 Å². The van der Waals surface area contributed by atoms with Crippen molar-refractivity contribution in [3.63, 3.8) is 0 Å². The van der Waals surface area contributed by atoms with Crippen LogP contribution in [0.15, 0.2) is 42.5 Å². The lowest BCUT2D eigenvalue weighted by molar-refractivity contribution is -0.121. The molecule has 1 heterocycles. The third-order valence-corrected chi connectivity index (χ3v) is 5.74. The van der Waals surface area contributed by atoms with E-state index in [2.05, 4.69) is 48.3 Å². The number of hydrogen-bond acceptors (Lipinski definition) is 4. The molecule has 2 aromatic rings. The number of Topliss-reactive ketones (excluding diaryl/α,β-unsaturated/α-hetero) is 1. The maximum atomic E-state index is 12.6. The molecule has 0 bridgehead atoms. The van der Waals surface area contributed by atoms with Crippen molar-refractivity contribution in [1.82, 2.24) is 10.2 Å². The molecule has 0 spiro atoms. The van der Waals surface area contributed by atoms with Crippen LogP contribution in [0.1, 0.15) is 47.8 Å². The smallest absolute Gasteiger partial charge is 0.224 e. The molecule has 154 valence electrons. The summed E-state index contributed by atoms with van der Waals surface area (Å²) in [7, 11) is 1.57. The molecular weight excluding hydrogens is 364 g/mol. The Kier molecular flexibility index (Phi) is 6.38. The standard InChI is InChI=1S/C24H30N2O3/c1-17(27)19-9-10-22(29-4)21(13-19)14-23(28)25-16-24(2,3)26-12-11-18-7-5-6-8-20(18)15-26/h5-10,13H,11-12,14-16H2,1-4H3,(H,25,28). The van der Waals surface area contributed by atoms with Gasteiger partial charge in [-0.1, -0.05) is 24.3 Å². The van der Waals surface area contributed by atoms with Gasteiger partial charge < -0.3 is 10.1 Å². The van der Waals surface area contributed by atoms with Gasteiger partial charge in [-0.15, -0.1) is 0 Å². The van der Waals surface area contributed by atoms with Gasteiger partial charge in [0, 0.05) is 36.3 Å². The molecule has 0 radical (unpaired) electrons. The molecule has 1 amide bonds. The van der Waals surface area contributed by atoms with Gasteiger partial charge in [-0.05, 0) is 56.5 Å². The summed E-state index contributed by atoms with van der Waals surface area (Å²) >= 11 is 0. The number of carbonyl (C=O) groups excluding carboxylic acids is 2. The first-order chi connectivity index (χ1) is 13.8. The minimum Gasteiger partial charge on any atom is -0.496 e. The molecule has 0 fully saturated rings. The highest BCUT2D eigenvalue weighted by atomic mass is 16.5. The Morgan fingerprint density at radius 2 is 1.86 bits per heavy atom. The number of nitrogens with one attached hydrogen (secondary N) is 1. The highest BCUT2D eigenvalue weighted by Crippen LogP contribution is 2.25. The van der Waals surface area contributed by atoms with Crippen molar-refractivity contribution in [2.45, 2.75) is 45.7 Å². The zero-order valence-corrected chi connectivity index (χ0v) is 17.7. The van der Waals surface area contributed by atoms with Crippen molar-refractivity contribution < 1.29 is 14.3 Å². The molecular formula is C24H30N2O3. The van der Waals surface area contributed by atoms with Gasteiger partial charge in [-0.3, -0.25) is 14.5 Å². The van der Waals surface area contributed by atoms with Crippen molar-refractivity contribution in [2.24, 2.45) is 0 Å². The Balaban J connectivity index is 1.62. The molecule has 0 saturated carbocycles. The van der Waals surface area contributed by atoms with Gasteiger partial charge in [0.25, 0.3) is 0 Å². The topological polar surface area (TPSA) is 58.6 Å². The lowest BCUT2D eigenvalue weighted by Gasteiger charge is -2.41. The van der Waals surface area contributed by atoms with Gasteiger partial charge in [0.05, 0.1) is 13.5 Å². The SMILES string of the molecule is COc1ccc(C(C)=O)cc1CC(=O)NCC(C)(C)N1CCc2ccccc2C1. The molecule has 3 rings (SSSR count). The molecule has 0 saturated heterocycles. The number of carbonyl (C=O) groups is 2. The fraction of sp³-hybridized carbons (Fsp3) is 0.417. The lowest BCUT2D eigenvalue weighted by atomic mass is 9.94. The van der Waals surface area contributed by atoms with Gasteiger partial charge in [-0.25, -0.2) is 0 Å². The number of fused-ring (bicyclic) bond motifs is 1. The van der Waals surface area contributed by atoms with E-state index in [-0.39, 0.29) is 23.7 Å². The van der Waals surface area contributed by atoms with Crippen molar-refractivity contribution in [1.29, 1.82) is 0 Å². The second-order valence-electron chi connectivity index (χ2n) is 8.29. The molecule has 29 heavy (non-hydrogen) atoms. The van der Waals surface area contributed by atoms with Crippen molar-refractivity contribution in [2.75, 3.05) is 20.2 Å².